The van der Waals surface area contributed by atoms with Gasteiger partial charge in [-0.05, 0) is 48.1 Å². The molecular weight excluding hydrogens is 387 g/mol. The zero-order chi connectivity index (χ0) is 19.2. The van der Waals surface area contributed by atoms with E-state index in [1.54, 1.807) is 29.5 Å². The quantitative estimate of drug-likeness (QED) is 0.654. The van der Waals surface area contributed by atoms with Crippen LogP contribution in [0.5, 0.6) is 0 Å². The second-order valence-corrected chi connectivity index (χ2v) is 6.42. The number of para-hydroxylation sites is 1. The minimum absolute atomic E-state index is 0.203. The molecule has 3 aromatic rings. The second-order valence-electron chi connectivity index (χ2n) is 5.04. The van der Waals surface area contributed by atoms with Crippen LogP contribution in [0.25, 0.3) is 5.69 Å². The Morgan fingerprint density at radius 1 is 1.19 bits per heavy atom. The molecule has 0 unspecified atom stereocenters. The first-order valence-electron chi connectivity index (χ1n) is 7.47. The first-order chi connectivity index (χ1) is 12.3. The fourth-order valence-electron chi connectivity index (χ4n) is 2.13. The van der Waals surface area contributed by atoms with Gasteiger partial charge < -0.3 is 5.73 Å². The maximum absolute atomic E-state index is 12.9. The van der Waals surface area contributed by atoms with Gasteiger partial charge in [0.2, 0.25) is 0 Å². The van der Waals surface area contributed by atoms with Gasteiger partial charge in [-0.25, -0.2) is 4.68 Å². The molecule has 9 heteroatoms. The molecule has 2 aromatic heterocycles. The van der Waals surface area contributed by atoms with Gasteiger partial charge in [0.25, 0.3) is 5.24 Å². The molecule has 138 valence electrons. The predicted octanol–water partition coefficient (Wildman–Crippen LogP) is 4.52. The van der Waals surface area contributed by atoms with Crippen molar-refractivity contribution in [3.05, 3.63) is 70.2 Å². The Kier molecular flexibility index (Phi) is 6.96. The summed E-state index contributed by atoms with van der Waals surface area (Å²) in [7, 11) is 0. The van der Waals surface area contributed by atoms with Gasteiger partial charge in [-0.2, -0.15) is 18.3 Å². The van der Waals surface area contributed by atoms with Crippen LogP contribution in [-0.2, 0) is 12.6 Å². The van der Waals surface area contributed by atoms with E-state index in [1.807, 2.05) is 0 Å². The summed E-state index contributed by atoms with van der Waals surface area (Å²) in [6, 6.07) is 11.9. The monoisotopic (exact) mass is 401 g/mol. The molecule has 0 amide bonds. The van der Waals surface area contributed by atoms with Gasteiger partial charge in [-0.1, -0.05) is 24.3 Å². The molecule has 0 bridgehead atoms. The number of alkyl halides is 3. The van der Waals surface area contributed by atoms with Gasteiger partial charge in [-0.3, -0.25) is 4.79 Å². The molecule has 2 N–H and O–H groups in total. The summed E-state index contributed by atoms with van der Waals surface area (Å²) in [6.45, 7) is 0.764. The van der Waals surface area contributed by atoms with Crippen molar-refractivity contribution in [2.24, 2.45) is 5.73 Å². The fraction of sp³-hybridized carbons (Fsp3) is 0.176. The molecular formula is C17H15ClF3N3OS. The Hall–Kier alpha value is -2.16. The summed E-state index contributed by atoms with van der Waals surface area (Å²) in [6.07, 6.45) is -2.88. The van der Waals surface area contributed by atoms with Crippen LogP contribution >= 0.6 is 22.9 Å². The van der Waals surface area contributed by atoms with E-state index in [2.05, 4.69) is 22.6 Å². The van der Waals surface area contributed by atoms with Crippen molar-refractivity contribution in [3.63, 3.8) is 0 Å². The van der Waals surface area contributed by atoms with Crippen molar-refractivity contribution in [2.75, 3.05) is 6.54 Å². The van der Waals surface area contributed by atoms with Crippen LogP contribution < -0.4 is 5.73 Å². The van der Waals surface area contributed by atoms with E-state index in [9.17, 15) is 18.0 Å². The highest BCUT2D eigenvalue weighted by Gasteiger charge is 2.40. The summed E-state index contributed by atoms with van der Waals surface area (Å²) in [4.78, 5) is 12.4. The summed E-state index contributed by atoms with van der Waals surface area (Å²) in [5.41, 5.74) is 3.70. The summed E-state index contributed by atoms with van der Waals surface area (Å²) >= 11 is 6.89. The van der Waals surface area contributed by atoms with Crippen LogP contribution in [0.4, 0.5) is 13.2 Å². The van der Waals surface area contributed by atoms with Crippen molar-refractivity contribution in [1.29, 1.82) is 0 Å². The minimum atomic E-state index is -4.72. The highest BCUT2D eigenvalue weighted by Crippen LogP contribution is 2.34. The lowest BCUT2D eigenvalue weighted by Crippen LogP contribution is -2.16. The number of rotatable bonds is 4. The number of benzene rings is 1. The lowest BCUT2D eigenvalue weighted by molar-refractivity contribution is -0.143. The highest BCUT2D eigenvalue weighted by atomic mass is 35.5. The highest BCUT2D eigenvalue weighted by molar-refractivity contribution is 7.09. The lowest BCUT2D eigenvalue weighted by Gasteiger charge is -2.11. The topological polar surface area (TPSA) is 60.9 Å². The molecule has 0 atom stereocenters. The number of carbonyl (C=O) groups excluding carboxylic acids is 1. The fourth-order valence-corrected chi connectivity index (χ4v) is 2.99. The van der Waals surface area contributed by atoms with Gasteiger partial charge in [0.1, 0.15) is 0 Å². The van der Waals surface area contributed by atoms with Gasteiger partial charge in [0.15, 0.2) is 5.69 Å². The van der Waals surface area contributed by atoms with E-state index in [-0.39, 0.29) is 5.69 Å². The number of nitrogens with zero attached hydrogens (tertiary/aromatic N) is 2. The molecule has 0 aliphatic rings. The molecule has 0 saturated heterocycles. The first kappa shape index (κ1) is 20.2. The molecule has 1 aromatic carbocycles. The largest absolute Gasteiger partial charge is 0.434 e. The number of hydrogen-bond donors (Lipinski definition) is 1. The number of aromatic nitrogens is 2. The number of carbonyl (C=O) groups is 1. The number of thiophene rings is 1. The van der Waals surface area contributed by atoms with Crippen LogP contribution in [0.1, 0.15) is 20.9 Å². The third kappa shape index (κ3) is 5.17. The van der Waals surface area contributed by atoms with Crippen molar-refractivity contribution >= 4 is 28.2 Å². The molecule has 26 heavy (non-hydrogen) atoms. The maximum atomic E-state index is 12.9. The van der Waals surface area contributed by atoms with Gasteiger partial charge >= 0.3 is 6.18 Å². The van der Waals surface area contributed by atoms with Gasteiger partial charge in [-0.15, -0.1) is 11.3 Å². The molecule has 0 aliphatic heterocycles. The molecule has 0 fully saturated rings. The average Bonchev–Trinajstić information content (AvgIpc) is 3.25. The maximum Gasteiger partial charge on any atom is 0.434 e. The molecule has 2 heterocycles. The van der Waals surface area contributed by atoms with Crippen LogP contribution in [0.15, 0.2) is 54.0 Å². The summed E-state index contributed by atoms with van der Waals surface area (Å²) in [5, 5.41) is 4.45. The Morgan fingerprint density at radius 3 is 2.38 bits per heavy atom. The summed E-state index contributed by atoms with van der Waals surface area (Å²) < 4.78 is 39.4. The van der Waals surface area contributed by atoms with Crippen molar-refractivity contribution in [1.82, 2.24) is 9.78 Å². The van der Waals surface area contributed by atoms with E-state index in [0.29, 0.717) is 4.68 Å². The van der Waals surface area contributed by atoms with Gasteiger partial charge in [0.05, 0.1) is 17.4 Å². The molecule has 0 aliphatic carbocycles. The molecule has 0 spiro atoms. The third-order valence-corrected chi connectivity index (χ3v) is 4.36. The number of halogens is 4. The molecule has 4 nitrogen and oxygen atoms in total. The van der Waals surface area contributed by atoms with Crippen LogP contribution in [0.2, 0.25) is 0 Å². The van der Waals surface area contributed by atoms with Crippen molar-refractivity contribution in [3.8, 4) is 5.69 Å². The van der Waals surface area contributed by atoms with E-state index in [0.717, 1.165) is 19.2 Å². The second kappa shape index (κ2) is 8.98. The van der Waals surface area contributed by atoms with Crippen LogP contribution in [-0.4, -0.2) is 21.6 Å². The van der Waals surface area contributed by atoms with Crippen molar-refractivity contribution in [2.45, 2.75) is 12.6 Å². The Morgan fingerprint density at radius 2 is 1.88 bits per heavy atom. The number of hydrogen-bond acceptors (Lipinski definition) is 4. The normalized spacial score (nSPS) is 11.0. The Bertz CT molecular complexity index is 833. The number of nitrogens with two attached hydrogens (primary N) is 1. The first-order valence-corrected chi connectivity index (χ1v) is 8.73. The predicted molar refractivity (Wildman–Crippen MR) is 95.8 cm³/mol. The zero-order valence-corrected chi connectivity index (χ0v) is 15.0. The molecule has 0 saturated carbocycles. The summed E-state index contributed by atoms with van der Waals surface area (Å²) in [5.74, 6) is 0. The Labute approximate surface area is 157 Å². The third-order valence-electron chi connectivity index (χ3n) is 3.22. The SMILES string of the molecule is NCCc1cccs1.O=C(Cl)c1cnn(-c2ccccc2)c1C(F)(F)F. The van der Waals surface area contributed by atoms with Crippen molar-refractivity contribution < 1.29 is 18.0 Å². The Balaban J connectivity index is 0.000000254. The lowest BCUT2D eigenvalue weighted by atomic mass is 10.2. The average molecular weight is 402 g/mol. The van der Waals surface area contributed by atoms with Crippen LogP contribution in [0, 0.1) is 0 Å². The zero-order valence-electron chi connectivity index (χ0n) is 13.4. The van der Waals surface area contributed by atoms with Gasteiger partial charge in [0, 0.05) is 4.88 Å². The smallest absolute Gasteiger partial charge is 0.330 e. The van der Waals surface area contributed by atoms with Crippen LogP contribution in [0.3, 0.4) is 0 Å². The van der Waals surface area contributed by atoms with E-state index >= 15 is 0 Å². The van der Waals surface area contributed by atoms with E-state index < -0.39 is 22.7 Å². The van der Waals surface area contributed by atoms with E-state index in [1.165, 1.54) is 17.0 Å². The minimum Gasteiger partial charge on any atom is -0.330 e. The molecule has 0 radical (unpaired) electrons. The molecule has 3 rings (SSSR count). The van der Waals surface area contributed by atoms with E-state index in [4.69, 9.17) is 17.3 Å². The standard InChI is InChI=1S/C11H6ClF3N2O.C6H9NS/c12-10(18)8-6-16-17(9(8)11(13,14)15)7-4-2-1-3-5-7;7-4-3-6-2-1-5-8-6/h1-6H;1-2,5H,3-4,7H2.